The Morgan fingerprint density at radius 3 is 2.27 bits per heavy atom. The van der Waals surface area contributed by atoms with E-state index in [1.165, 1.54) is 0 Å². The van der Waals surface area contributed by atoms with Crippen molar-refractivity contribution in [1.82, 2.24) is 5.32 Å². The maximum Gasteiger partial charge on any atom is 0.326 e. The van der Waals surface area contributed by atoms with E-state index in [1.54, 1.807) is 0 Å². The van der Waals surface area contributed by atoms with Crippen molar-refractivity contribution in [2.75, 3.05) is 6.54 Å². The van der Waals surface area contributed by atoms with Gasteiger partial charge >= 0.3 is 17.8 Å². The number of primary amides is 1. The molecular formula is C8H15N3O4. The number of carboxylic acid groups (broad SMARTS) is 1. The van der Waals surface area contributed by atoms with Crippen LogP contribution in [0.4, 0.5) is 0 Å². The van der Waals surface area contributed by atoms with Gasteiger partial charge in [-0.15, -0.1) is 0 Å². The number of amides is 2. The van der Waals surface area contributed by atoms with Gasteiger partial charge in [0.2, 0.25) is 0 Å². The van der Waals surface area contributed by atoms with Crippen molar-refractivity contribution in [1.29, 1.82) is 0 Å². The Labute approximate surface area is 86.8 Å². The second kappa shape index (κ2) is 6.77. The fourth-order valence-corrected chi connectivity index (χ4v) is 0.980. The van der Waals surface area contributed by atoms with E-state index in [4.69, 9.17) is 10.8 Å². The molecule has 0 saturated carbocycles. The van der Waals surface area contributed by atoms with Crippen LogP contribution in [0.2, 0.25) is 0 Å². The molecule has 0 saturated heterocycles. The van der Waals surface area contributed by atoms with Gasteiger partial charge in [-0.05, 0) is 25.8 Å². The zero-order valence-electron chi connectivity index (χ0n) is 8.23. The Kier molecular flexibility index (Phi) is 6.03. The van der Waals surface area contributed by atoms with Gasteiger partial charge in [-0.3, -0.25) is 9.59 Å². The molecule has 0 radical (unpaired) electrons. The standard InChI is InChI=1S/C8H15N3O4/c9-4-2-1-3-5(8(14)15)11-7(13)6(10)12/h5H,1-4,9H2,(H2,10,12)(H,11,13)(H,14,15)/t5-/m0/s1. The van der Waals surface area contributed by atoms with Crippen LogP contribution in [-0.4, -0.2) is 35.5 Å². The molecule has 1 atom stereocenters. The maximum absolute atomic E-state index is 10.8. The first-order valence-electron chi connectivity index (χ1n) is 4.52. The normalized spacial score (nSPS) is 11.8. The molecule has 0 fully saturated rings. The lowest BCUT2D eigenvalue weighted by atomic mass is 10.1. The van der Waals surface area contributed by atoms with Crippen molar-refractivity contribution < 1.29 is 19.5 Å². The molecular weight excluding hydrogens is 202 g/mol. The highest BCUT2D eigenvalue weighted by molar-refractivity contribution is 6.34. The molecule has 0 aliphatic carbocycles. The van der Waals surface area contributed by atoms with Crippen LogP contribution >= 0.6 is 0 Å². The van der Waals surface area contributed by atoms with Gasteiger partial charge in [-0.1, -0.05) is 0 Å². The van der Waals surface area contributed by atoms with Crippen LogP contribution in [0.5, 0.6) is 0 Å². The van der Waals surface area contributed by atoms with E-state index in [1.807, 2.05) is 5.32 Å². The first kappa shape index (κ1) is 13.4. The molecule has 7 heteroatoms. The van der Waals surface area contributed by atoms with Crippen LogP contribution in [0.25, 0.3) is 0 Å². The smallest absolute Gasteiger partial charge is 0.326 e. The molecule has 0 heterocycles. The number of carbonyl (C=O) groups is 3. The Morgan fingerprint density at radius 2 is 1.87 bits per heavy atom. The van der Waals surface area contributed by atoms with E-state index in [0.717, 1.165) is 0 Å². The molecule has 0 bridgehead atoms. The molecule has 0 aromatic rings. The highest BCUT2D eigenvalue weighted by Gasteiger charge is 2.21. The highest BCUT2D eigenvalue weighted by atomic mass is 16.4. The fraction of sp³-hybridized carbons (Fsp3) is 0.625. The highest BCUT2D eigenvalue weighted by Crippen LogP contribution is 2.00. The van der Waals surface area contributed by atoms with Crippen molar-refractivity contribution in [2.45, 2.75) is 25.3 Å². The molecule has 7 nitrogen and oxygen atoms in total. The molecule has 0 rings (SSSR count). The summed E-state index contributed by atoms with van der Waals surface area (Å²) in [6.07, 6.45) is 1.45. The summed E-state index contributed by atoms with van der Waals surface area (Å²) in [5.74, 6) is -3.48. The van der Waals surface area contributed by atoms with E-state index in [0.29, 0.717) is 19.4 Å². The average molecular weight is 217 g/mol. The molecule has 2 amide bonds. The van der Waals surface area contributed by atoms with Gasteiger partial charge < -0.3 is 21.9 Å². The topological polar surface area (TPSA) is 136 Å². The first-order chi connectivity index (χ1) is 6.99. The predicted molar refractivity (Wildman–Crippen MR) is 51.7 cm³/mol. The summed E-state index contributed by atoms with van der Waals surface area (Å²) in [5.41, 5.74) is 9.91. The minimum atomic E-state index is -1.19. The number of nitrogens with one attached hydrogen (secondary N) is 1. The largest absolute Gasteiger partial charge is 0.480 e. The molecule has 0 aliphatic heterocycles. The Balaban J connectivity index is 4.10. The van der Waals surface area contributed by atoms with Crippen molar-refractivity contribution in [3.63, 3.8) is 0 Å². The molecule has 0 aliphatic rings. The molecule has 0 aromatic carbocycles. The summed E-state index contributed by atoms with van der Waals surface area (Å²) in [6, 6.07) is -1.09. The Hall–Kier alpha value is -1.63. The fourth-order valence-electron chi connectivity index (χ4n) is 0.980. The van der Waals surface area contributed by atoms with E-state index in [-0.39, 0.29) is 6.42 Å². The summed E-state index contributed by atoms with van der Waals surface area (Å²) in [7, 11) is 0. The van der Waals surface area contributed by atoms with Crippen LogP contribution in [0.1, 0.15) is 19.3 Å². The third kappa shape index (κ3) is 5.63. The average Bonchev–Trinajstić information content (AvgIpc) is 2.15. The molecule has 0 spiro atoms. The number of hydrogen-bond donors (Lipinski definition) is 4. The van der Waals surface area contributed by atoms with Crippen molar-refractivity contribution in [3.05, 3.63) is 0 Å². The van der Waals surface area contributed by atoms with E-state index >= 15 is 0 Å². The first-order valence-corrected chi connectivity index (χ1v) is 4.52. The lowest BCUT2D eigenvalue weighted by molar-refractivity contribution is -0.144. The van der Waals surface area contributed by atoms with Gasteiger partial charge in [0, 0.05) is 0 Å². The molecule has 0 aromatic heterocycles. The monoisotopic (exact) mass is 217 g/mol. The Bertz CT molecular complexity index is 254. The second-order valence-corrected chi connectivity index (χ2v) is 3.01. The van der Waals surface area contributed by atoms with E-state index in [9.17, 15) is 14.4 Å². The number of nitrogens with two attached hydrogens (primary N) is 2. The molecule has 15 heavy (non-hydrogen) atoms. The Morgan fingerprint density at radius 1 is 1.27 bits per heavy atom. The summed E-state index contributed by atoms with van der Waals surface area (Å²) in [5, 5.41) is 10.7. The van der Waals surface area contributed by atoms with Crippen LogP contribution in [0.15, 0.2) is 0 Å². The quantitative estimate of drug-likeness (QED) is 0.306. The number of aliphatic carboxylic acids is 1. The van der Waals surface area contributed by atoms with Crippen molar-refractivity contribution in [3.8, 4) is 0 Å². The molecule has 86 valence electrons. The van der Waals surface area contributed by atoms with Crippen LogP contribution in [0.3, 0.4) is 0 Å². The molecule has 6 N–H and O–H groups in total. The zero-order valence-corrected chi connectivity index (χ0v) is 8.23. The summed E-state index contributed by atoms with van der Waals surface area (Å²) < 4.78 is 0. The van der Waals surface area contributed by atoms with Crippen molar-refractivity contribution in [2.24, 2.45) is 11.5 Å². The lowest BCUT2D eigenvalue weighted by Gasteiger charge is -2.12. The van der Waals surface area contributed by atoms with Gasteiger partial charge in [0.25, 0.3) is 0 Å². The number of hydrogen-bond acceptors (Lipinski definition) is 4. The van der Waals surface area contributed by atoms with Crippen LogP contribution < -0.4 is 16.8 Å². The SMILES string of the molecule is NCCCC[C@H](NC(=O)C(N)=O)C(=O)O. The number of carbonyl (C=O) groups excluding carboxylic acids is 2. The minimum Gasteiger partial charge on any atom is -0.480 e. The predicted octanol–water partition coefficient (Wildman–Crippen LogP) is -1.83. The summed E-state index contributed by atoms with van der Waals surface area (Å²) in [4.78, 5) is 31.9. The zero-order chi connectivity index (χ0) is 11.8. The van der Waals surface area contributed by atoms with Crippen LogP contribution in [-0.2, 0) is 14.4 Å². The van der Waals surface area contributed by atoms with Gasteiger partial charge in [0.15, 0.2) is 0 Å². The van der Waals surface area contributed by atoms with Gasteiger partial charge in [0.1, 0.15) is 6.04 Å². The van der Waals surface area contributed by atoms with Crippen molar-refractivity contribution >= 4 is 17.8 Å². The van der Waals surface area contributed by atoms with E-state index in [2.05, 4.69) is 5.73 Å². The number of carboxylic acids is 1. The number of unbranched alkanes of at least 4 members (excludes halogenated alkanes) is 1. The number of rotatable bonds is 6. The van der Waals surface area contributed by atoms with Gasteiger partial charge in [-0.2, -0.15) is 0 Å². The third-order valence-corrected chi connectivity index (χ3v) is 1.77. The maximum atomic E-state index is 10.8. The summed E-state index contributed by atoms with van der Waals surface area (Å²) in [6.45, 7) is 0.454. The van der Waals surface area contributed by atoms with Gasteiger partial charge in [0.05, 0.1) is 0 Å². The molecule has 0 unspecified atom stereocenters. The lowest BCUT2D eigenvalue weighted by Crippen LogP contribution is -2.46. The third-order valence-electron chi connectivity index (χ3n) is 1.77. The van der Waals surface area contributed by atoms with E-state index < -0.39 is 23.8 Å². The van der Waals surface area contributed by atoms with Crippen LogP contribution in [0, 0.1) is 0 Å². The summed E-state index contributed by atoms with van der Waals surface area (Å²) >= 11 is 0. The minimum absolute atomic E-state index is 0.228. The van der Waals surface area contributed by atoms with Gasteiger partial charge in [-0.25, -0.2) is 4.79 Å². The second-order valence-electron chi connectivity index (χ2n) is 3.01.